The maximum atomic E-state index is 12.8. The summed E-state index contributed by atoms with van der Waals surface area (Å²) in [5.74, 6) is -0.132. The van der Waals surface area contributed by atoms with Crippen LogP contribution in [0.2, 0.25) is 0 Å². The van der Waals surface area contributed by atoms with E-state index in [-0.39, 0.29) is 41.6 Å². The zero-order valence-corrected chi connectivity index (χ0v) is 47.0. The smallest absolute Gasteiger partial charge is 0.386 e. The molecule has 1 fully saturated rings. The number of unbranched alkanes of at least 4 members (excludes halogenated alkanes) is 17. The first-order chi connectivity index (χ1) is 34.9. The molecule has 3 rings (SSSR count). The maximum absolute atomic E-state index is 12.8. The summed E-state index contributed by atoms with van der Waals surface area (Å²) in [5, 5.41) is 26.7. The third-order valence-electron chi connectivity index (χ3n) is 12.8. The number of phosphoric ester groups is 3. The van der Waals surface area contributed by atoms with E-state index >= 15 is 0 Å². The summed E-state index contributed by atoms with van der Waals surface area (Å²) >= 11 is 1.16. The molecule has 0 aromatic carbocycles. The van der Waals surface area contributed by atoms with Crippen LogP contribution < -0.4 is 16.4 Å². The molecule has 426 valence electrons. The quantitative estimate of drug-likeness (QED) is 0.0230. The normalized spacial score (nSPS) is 19.8. The highest BCUT2D eigenvalue weighted by molar-refractivity contribution is 8.13. The Morgan fingerprint density at radius 2 is 1.36 bits per heavy atom. The van der Waals surface area contributed by atoms with Gasteiger partial charge in [0.25, 0.3) is 0 Å². The van der Waals surface area contributed by atoms with Gasteiger partial charge in [0, 0.05) is 37.1 Å². The number of amides is 2. The summed E-state index contributed by atoms with van der Waals surface area (Å²) in [5.41, 5.74) is 4.30. The molecule has 10 N–H and O–H groups in total. The number of aliphatic hydroxyl groups is 2. The molecule has 28 heteroatoms. The van der Waals surface area contributed by atoms with Crippen LogP contribution in [0.15, 0.2) is 12.7 Å². The van der Waals surface area contributed by atoms with Crippen LogP contribution in [0.25, 0.3) is 11.2 Å². The monoisotopic (exact) mass is 1130 g/mol. The predicted octanol–water partition coefficient (Wildman–Crippen LogP) is 7.51. The van der Waals surface area contributed by atoms with Gasteiger partial charge in [-0.15, -0.1) is 0 Å². The number of nitrogens with two attached hydrogens (primary N) is 1. The number of rotatable bonds is 41. The van der Waals surface area contributed by atoms with Crippen molar-refractivity contribution < 1.29 is 80.5 Å². The molecule has 24 nitrogen and oxygen atoms in total. The van der Waals surface area contributed by atoms with Crippen LogP contribution >= 0.6 is 35.2 Å². The molecule has 0 saturated carbocycles. The van der Waals surface area contributed by atoms with Crippen molar-refractivity contribution in [1.29, 1.82) is 0 Å². The Morgan fingerprint density at radius 3 is 1.93 bits per heavy atom. The van der Waals surface area contributed by atoms with E-state index in [1.54, 1.807) is 0 Å². The number of nitrogens with one attached hydrogen (secondary N) is 2. The molecule has 1 aliphatic rings. The van der Waals surface area contributed by atoms with E-state index in [1.807, 2.05) is 0 Å². The number of ether oxygens (including phenoxy) is 1. The number of carbonyl (C=O) groups is 3. The average Bonchev–Trinajstić information content (AvgIpc) is 3.90. The molecule has 2 aromatic heterocycles. The highest BCUT2D eigenvalue weighted by atomic mass is 32.2. The highest BCUT2D eigenvalue weighted by Gasteiger charge is 2.50. The predicted molar refractivity (Wildman–Crippen MR) is 279 cm³/mol. The van der Waals surface area contributed by atoms with Crippen LogP contribution in [-0.2, 0) is 50.7 Å². The molecule has 8 atom stereocenters. The Bertz CT molecular complexity index is 2140. The van der Waals surface area contributed by atoms with Crippen molar-refractivity contribution in [2.45, 2.75) is 200 Å². The van der Waals surface area contributed by atoms with Gasteiger partial charge in [0.1, 0.15) is 36.3 Å². The minimum absolute atomic E-state index is 0.0345. The molecule has 3 unspecified atom stereocenters. The molecule has 2 amide bonds. The number of anilines is 1. The molecule has 1 aliphatic heterocycles. The number of imidazole rings is 1. The lowest BCUT2D eigenvalue weighted by molar-refractivity contribution is -0.137. The lowest BCUT2D eigenvalue weighted by Gasteiger charge is -2.30. The van der Waals surface area contributed by atoms with Crippen molar-refractivity contribution in [2.75, 3.05) is 37.8 Å². The van der Waals surface area contributed by atoms with Gasteiger partial charge >= 0.3 is 23.5 Å². The number of nitrogen functional groups attached to an aromatic ring is 1. The van der Waals surface area contributed by atoms with Crippen molar-refractivity contribution in [1.82, 2.24) is 30.2 Å². The third kappa shape index (κ3) is 25.8. The van der Waals surface area contributed by atoms with Gasteiger partial charge in [-0.25, -0.2) is 28.6 Å². The van der Waals surface area contributed by atoms with Crippen LogP contribution in [-0.4, -0.2) is 123 Å². The number of carbonyl (C=O) groups excluding carboxylic acids is 3. The zero-order chi connectivity index (χ0) is 54.8. The molecule has 74 heavy (non-hydrogen) atoms. The molecule has 2 aromatic rings. The van der Waals surface area contributed by atoms with E-state index in [0.717, 1.165) is 54.2 Å². The molecular weight excluding hydrogens is 1050 g/mol. The van der Waals surface area contributed by atoms with Crippen LogP contribution in [0.5, 0.6) is 0 Å². The van der Waals surface area contributed by atoms with Crippen molar-refractivity contribution in [3.05, 3.63) is 12.7 Å². The number of nitrogens with zero attached hydrogens (tertiary/aromatic N) is 4. The average molecular weight is 1130 g/mol. The minimum atomic E-state index is -5.58. The molecule has 0 aliphatic carbocycles. The van der Waals surface area contributed by atoms with Gasteiger partial charge in [-0.05, 0) is 12.3 Å². The highest BCUT2D eigenvalue weighted by Crippen LogP contribution is 2.61. The number of hydrogen-bond donors (Lipinski definition) is 9. The van der Waals surface area contributed by atoms with Gasteiger partial charge in [-0.3, -0.25) is 32.5 Å². The number of hydrogen-bond acceptors (Lipinski definition) is 18. The molecule has 0 bridgehead atoms. The molecule has 1 saturated heterocycles. The number of fused-ring (bicyclic) bond motifs is 1. The topological polar surface area (TPSA) is 364 Å². The zero-order valence-electron chi connectivity index (χ0n) is 43.5. The summed E-state index contributed by atoms with van der Waals surface area (Å²) < 4.78 is 62.6. The Hall–Kier alpha value is -2.44. The maximum Gasteiger partial charge on any atom is 0.481 e. The van der Waals surface area contributed by atoms with Gasteiger partial charge in [-0.2, -0.15) is 4.31 Å². The second-order valence-electron chi connectivity index (χ2n) is 19.7. The van der Waals surface area contributed by atoms with E-state index in [4.69, 9.17) is 19.5 Å². The van der Waals surface area contributed by atoms with Crippen molar-refractivity contribution >= 4 is 69.1 Å². The van der Waals surface area contributed by atoms with Gasteiger partial charge in [-0.1, -0.05) is 161 Å². The van der Waals surface area contributed by atoms with E-state index in [0.29, 0.717) is 12.2 Å². The lowest BCUT2D eigenvalue weighted by Crippen LogP contribution is -2.46. The van der Waals surface area contributed by atoms with E-state index in [1.165, 1.54) is 123 Å². The van der Waals surface area contributed by atoms with Crippen molar-refractivity contribution in [3.63, 3.8) is 0 Å². The fourth-order valence-electron chi connectivity index (χ4n) is 8.16. The number of aromatic nitrogens is 4. The third-order valence-corrected chi connectivity index (χ3v) is 16.8. The summed E-state index contributed by atoms with van der Waals surface area (Å²) in [7, 11) is -16.4. The lowest BCUT2D eigenvalue weighted by atomic mass is 9.87. The largest absolute Gasteiger partial charge is 0.481 e. The Kier molecular flexibility index (Phi) is 30.0. The second-order valence-corrected chi connectivity index (χ2v) is 25.1. The Labute approximate surface area is 439 Å². The van der Waals surface area contributed by atoms with Crippen molar-refractivity contribution in [2.24, 2.45) is 11.3 Å². The van der Waals surface area contributed by atoms with Crippen LogP contribution in [0.4, 0.5) is 5.82 Å². The summed E-state index contributed by atoms with van der Waals surface area (Å²) in [6.07, 6.45) is 19.4. The summed E-state index contributed by atoms with van der Waals surface area (Å²) in [4.78, 5) is 88.6. The first-order valence-electron chi connectivity index (χ1n) is 26.0. The second kappa shape index (κ2) is 33.8. The van der Waals surface area contributed by atoms with Crippen LogP contribution in [0.1, 0.15) is 175 Å². The summed E-state index contributed by atoms with van der Waals surface area (Å²) in [6.45, 7) is 5.23. The molecule has 0 radical (unpaired) electrons. The number of phosphoric acid groups is 3. The number of thioether (sulfide) groups is 1. The first-order valence-corrected chi connectivity index (χ1v) is 31.5. The fraction of sp³-hybridized carbons (Fsp3) is 0.826. The van der Waals surface area contributed by atoms with Crippen LogP contribution in [0.3, 0.4) is 0 Å². The Morgan fingerprint density at radius 1 is 0.811 bits per heavy atom. The van der Waals surface area contributed by atoms with E-state index in [2.05, 4.69) is 48.3 Å². The van der Waals surface area contributed by atoms with E-state index in [9.17, 15) is 57.9 Å². The summed E-state index contributed by atoms with van der Waals surface area (Å²) in [6, 6.07) is 0. The molecule has 0 spiro atoms. The molecule has 3 heterocycles. The number of aliphatic hydroxyl groups excluding tert-OH is 2. The fourth-order valence-corrected chi connectivity index (χ4v) is 11.7. The van der Waals surface area contributed by atoms with Gasteiger partial charge in [0.15, 0.2) is 22.8 Å². The van der Waals surface area contributed by atoms with Gasteiger partial charge in [0.2, 0.25) is 11.8 Å². The Balaban J connectivity index is 1.21. The standard InChI is InChI=1S/C46H84N7O17P3S/c1-5-34(2)24-22-20-18-16-14-12-10-8-6-7-9-11-13-15-17-19-21-23-25-37(55)74-29-28-48-36(54)26-27-49-44(58)41(57)46(3,4)31-67-73(64,65)70-72(62,63)66-30-35-40(69-71(59,60)61)39(56)45(68-35)53-33-52-38-42(47)50-32-51-43(38)53/h32-35,39-41,45,56-57H,5-31H2,1-4H3,(H,48,54)(H,49,58)(H,62,63)(H,64,65)(H2,47,50,51)(H2,59,60,61)/t34?,35-,39-,40-,41+,45-/m1/s1. The van der Waals surface area contributed by atoms with Crippen LogP contribution in [0, 0.1) is 11.3 Å². The van der Waals surface area contributed by atoms with Gasteiger partial charge in [0.05, 0.1) is 19.5 Å². The van der Waals surface area contributed by atoms with Crippen molar-refractivity contribution in [3.8, 4) is 0 Å². The minimum Gasteiger partial charge on any atom is -0.386 e. The SMILES string of the molecule is CCC(C)CCCCCCCCCCCCCCCCCCCCC(=O)SCCNC(=O)CCNC(=O)[C@H](O)C(C)(C)COP(=O)(O)OP(=O)(O)OC[C@H]1O[C@@H](n2cnc3c(N)ncnc32)[C@H](O)[C@@H]1OP(=O)(O)O. The first kappa shape index (κ1) is 65.8. The van der Waals surface area contributed by atoms with Gasteiger partial charge < -0.3 is 50.9 Å². The van der Waals surface area contributed by atoms with E-state index < -0.39 is 84.6 Å². The molecular formula is C46H84N7O17P3S.